The quantitative estimate of drug-likeness (QED) is 0.797. The van der Waals surface area contributed by atoms with Crippen LogP contribution < -0.4 is 10.6 Å². The zero-order valence-electron chi connectivity index (χ0n) is 12.9. The van der Waals surface area contributed by atoms with Gasteiger partial charge >= 0.3 is 0 Å². The lowest BCUT2D eigenvalue weighted by molar-refractivity contribution is -0.125. The van der Waals surface area contributed by atoms with Crippen LogP contribution in [0, 0.1) is 18.7 Å². The van der Waals surface area contributed by atoms with E-state index >= 15 is 0 Å². The molecule has 1 atom stereocenters. The van der Waals surface area contributed by atoms with Crippen LogP contribution in [0.25, 0.3) is 0 Å². The summed E-state index contributed by atoms with van der Waals surface area (Å²) in [6.45, 7) is 4.23. The molecule has 0 aliphatic carbocycles. The number of halogens is 1. The maximum Gasteiger partial charge on any atom is 0.245 e. The van der Waals surface area contributed by atoms with Crippen molar-refractivity contribution in [2.45, 2.75) is 19.4 Å². The van der Waals surface area contributed by atoms with E-state index in [9.17, 15) is 9.18 Å². The summed E-state index contributed by atoms with van der Waals surface area (Å²) in [6.07, 6.45) is 0.404. The summed E-state index contributed by atoms with van der Waals surface area (Å²) in [7, 11) is 0. The molecular weight excluding hydrogens is 299 g/mol. The lowest BCUT2D eigenvalue weighted by atomic mass is 10.0. The van der Waals surface area contributed by atoms with Crippen molar-refractivity contribution < 1.29 is 9.18 Å². The number of hydrogen-bond acceptors (Lipinski definition) is 5. The minimum absolute atomic E-state index is 0.128. The summed E-state index contributed by atoms with van der Waals surface area (Å²) >= 11 is 0. The zero-order valence-corrected chi connectivity index (χ0v) is 12.9. The summed E-state index contributed by atoms with van der Waals surface area (Å²) in [4.78, 5) is 12.6. The Hall–Kier alpha value is -2.35. The number of benzene rings is 1. The van der Waals surface area contributed by atoms with Crippen molar-refractivity contribution in [2.24, 2.45) is 5.92 Å². The lowest BCUT2D eigenvalue weighted by Crippen LogP contribution is -2.49. The molecule has 2 aromatic rings. The van der Waals surface area contributed by atoms with Crippen molar-refractivity contribution in [1.29, 1.82) is 0 Å². The number of carbonyl (C=O) groups is 1. The summed E-state index contributed by atoms with van der Waals surface area (Å²) in [5.74, 6) is 0.612. The molecule has 3 rings (SSSR count). The Balaban J connectivity index is 1.74. The third-order valence-corrected chi connectivity index (χ3v) is 4.03. The number of amides is 1. The average Bonchev–Trinajstić information content (AvgIpc) is 2.91. The van der Waals surface area contributed by atoms with Gasteiger partial charge in [0.1, 0.15) is 17.7 Å². The molecule has 23 heavy (non-hydrogen) atoms. The van der Waals surface area contributed by atoms with Gasteiger partial charge in [-0.05, 0) is 35.0 Å². The fourth-order valence-electron chi connectivity index (χ4n) is 2.52. The largest absolute Gasteiger partial charge is 0.354 e. The second-order valence-electron chi connectivity index (χ2n) is 5.79. The van der Waals surface area contributed by atoms with Crippen LogP contribution >= 0.6 is 0 Å². The first-order valence-corrected chi connectivity index (χ1v) is 7.61. The zero-order chi connectivity index (χ0) is 16.2. The molecule has 1 saturated heterocycles. The van der Waals surface area contributed by atoms with Gasteiger partial charge in [-0.2, -0.15) is 0 Å². The van der Waals surface area contributed by atoms with E-state index in [2.05, 4.69) is 26.2 Å². The van der Waals surface area contributed by atoms with E-state index in [4.69, 9.17) is 0 Å². The van der Waals surface area contributed by atoms with Gasteiger partial charge in [0.25, 0.3) is 0 Å². The van der Waals surface area contributed by atoms with Crippen molar-refractivity contribution in [2.75, 3.05) is 19.6 Å². The van der Waals surface area contributed by atoms with Gasteiger partial charge in [-0.25, -0.2) is 9.07 Å². The molecule has 1 amide bonds. The standard InChI is InChI=1S/C15H19FN6O/c1-10-19-20-21-22(10)14(6-11-2-4-13(16)5-3-11)15(23)18-9-12-7-17-8-12/h2-5,12,14,17H,6-9H2,1H3,(H,18,23). The highest BCUT2D eigenvalue weighted by Crippen LogP contribution is 2.16. The van der Waals surface area contributed by atoms with E-state index in [-0.39, 0.29) is 11.7 Å². The molecule has 0 bridgehead atoms. The number of nitrogens with zero attached hydrogens (tertiary/aromatic N) is 4. The number of hydrogen-bond donors (Lipinski definition) is 2. The van der Waals surface area contributed by atoms with Crippen LogP contribution in [0.1, 0.15) is 17.4 Å². The number of aromatic nitrogens is 4. The van der Waals surface area contributed by atoms with Gasteiger partial charge in [0, 0.05) is 32.0 Å². The van der Waals surface area contributed by atoms with Crippen LogP contribution in [0.2, 0.25) is 0 Å². The third-order valence-electron chi connectivity index (χ3n) is 4.03. The summed E-state index contributed by atoms with van der Waals surface area (Å²) in [6, 6.07) is 5.56. The maximum atomic E-state index is 13.1. The van der Waals surface area contributed by atoms with Gasteiger partial charge in [0.2, 0.25) is 5.91 Å². The van der Waals surface area contributed by atoms with Crippen LogP contribution in [0.3, 0.4) is 0 Å². The molecule has 1 fully saturated rings. The Morgan fingerprint density at radius 2 is 2.17 bits per heavy atom. The number of carbonyl (C=O) groups excluding carboxylic acids is 1. The Morgan fingerprint density at radius 3 is 2.74 bits per heavy atom. The monoisotopic (exact) mass is 318 g/mol. The third kappa shape index (κ3) is 3.70. The first-order chi connectivity index (χ1) is 11.1. The molecular formula is C15H19FN6O. The molecule has 2 N–H and O–H groups in total. The highest BCUT2D eigenvalue weighted by atomic mass is 19.1. The molecule has 122 valence electrons. The van der Waals surface area contributed by atoms with Gasteiger partial charge in [-0.15, -0.1) is 5.10 Å². The molecule has 8 heteroatoms. The molecule has 2 heterocycles. The first-order valence-electron chi connectivity index (χ1n) is 7.61. The van der Waals surface area contributed by atoms with Crippen LogP contribution in [0.5, 0.6) is 0 Å². The van der Waals surface area contributed by atoms with E-state index in [1.54, 1.807) is 19.1 Å². The minimum Gasteiger partial charge on any atom is -0.354 e. The summed E-state index contributed by atoms with van der Waals surface area (Å²) in [5.41, 5.74) is 0.853. The Kier molecular flexibility index (Phi) is 4.61. The summed E-state index contributed by atoms with van der Waals surface area (Å²) in [5, 5.41) is 17.5. The number of rotatable bonds is 6. The topological polar surface area (TPSA) is 84.7 Å². The summed E-state index contributed by atoms with van der Waals surface area (Å²) < 4.78 is 14.6. The number of nitrogens with one attached hydrogen (secondary N) is 2. The van der Waals surface area contributed by atoms with Gasteiger partial charge in [-0.3, -0.25) is 4.79 Å². The number of aryl methyl sites for hydroxylation is 1. The van der Waals surface area contributed by atoms with E-state index < -0.39 is 6.04 Å². The smallest absolute Gasteiger partial charge is 0.245 e. The molecule has 0 radical (unpaired) electrons. The fourth-order valence-corrected chi connectivity index (χ4v) is 2.52. The van der Waals surface area contributed by atoms with Crippen molar-refractivity contribution >= 4 is 5.91 Å². The second-order valence-corrected chi connectivity index (χ2v) is 5.79. The fraction of sp³-hybridized carbons (Fsp3) is 0.467. The average molecular weight is 318 g/mol. The van der Waals surface area contributed by atoms with Crippen LogP contribution in [0.15, 0.2) is 24.3 Å². The normalized spacial score (nSPS) is 15.9. The molecule has 1 aliphatic rings. The molecule has 0 saturated carbocycles. The molecule has 1 aliphatic heterocycles. The van der Waals surface area contributed by atoms with Crippen LogP contribution in [-0.2, 0) is 11.2 Å². The Morgan fingerprint density at radius 1 is 1.43 bits per heavy atom. The lowest BCUT2D eigenvalue weighted by Gasteiger charge is -2.28. The van der Waals surface area contributed by atoms with Crippen molar-refractivity contribution in [3.05, 3.63) is 41.5 Å². The highest BCUT2D eigenvalue weighted by molar-refractivity contribution is 5.80. The van der Waals surface area contributed by atoms with Crippen molar-refractivity contribution in [1.82, 2.24) is 30.8 Å². The maximum absolute atomic E-state index is 13.1. The Bertz CT molecular complexity index is 667. The van der Waals surface area contributed by atoms with Crippen molar-refractivity contribution in [3.8, 4) is 0 Å². The minimum atomic E-state index is -0.552. The molecule has 1 aromatic heterocycles. The van der Waals surface area contributed by atoms with E-state index in [0.717, 1.165) is 18.7 Å². The first kappa shape index (κ1) is 15.5. The Labute approximate surface area is 133 Å². The van der Waals surface area contributed by atoms with Crippen molar-refractivity contribution in [3.63, 3.8) is 0 Å². The molecule has 1 unspecified atom stereocenters. The number of tetrazole rings is 1. The molecule has 7 nitrogen and oxygen atoms in total. The predicted octanol–water partition coefficient (Wildman–Crippen LogP) is 0.240. The van der Waals surface area contributed by atoms with Crippen LogP contribution in [-0.4, -0.2) is 45.7 Å². The van der Waals surface area contributed by atoms with E-state index in [0.29, 0.717) is 24.7 Å². The van der Waals surface area contributed by atoms with E-state index in [1.807, 2.05) is 0 Å². The highest BCUT2D eigenvalue weighted by Gasteiger charge is 2.26. The predicted molar refractivity (Wildman–Crippen MR) is 81.1 cm³/mol. The van der Waals surface area contributed by atoms with Gasteiger partial charge in [0.05, 0.1) is 0 Å². The SMILES string of the molecule is Cc1nnnn1C(Cc1ccc(F)cc1)C(=O)NCC1CNC1. The van der Waals surface area contributed by atoms with E-state index in [1.165, 1.54) is 16.8 Å². The van der Waals surface area contributed by atoms with Crippen LogP contribution in [0.4, 0.5) is 4.39 Å². The van der Waals surface area contributed by atoms with Gasteiger partial charge in [0.15, 0.2) is 0 Å². The van der Waals surface area contributed by atoms with Gasteiger partial charge < -0.3 is 10.6 Å². The molecule has 0 spiro atoms. The second kappa shape index (κ2) is 6.82. The molecule has 1 aromatic carbocycles. The van der Waals surface area contributed by atoms with Gasteiger partial charge in [-0.1, -0.05) is 12.1 Å².